The monoisotopic (exact) mass is 189 g/mol. The second kappa shape index (κ2) is 3.64. The van der Waals surface area contributed by atoms with Gasteiger partial charge >= 0.3 is 0 Å². The molecule has 0 unspecified atom stereocenters. The molecular formula is C11H11NO2. The van der Waals surface area contributed by atoms with Crippen molar-refractivity contribution in [1.29, 1.82) is 0 Å². The molecule has 0 radical (unpaired) electrons. The minimum Gasteiger partial charge on any atom is -0.364 e. The van der Waals surface area contributed by atoms with Crippen molar-refractivity contribution in [3.8, 4) is 0 Å². The maximum absolute atomic E-state index is 10.8. The number of nitrogens with zero attached hydrogens (tertiary/aromatic N) is 1. The summed E-state index contributed by atoms with van der Waals surface area (Å²) < 4.78 is 6.89. The Bertz CT molecular complexity index is 459. The van der Waals surface area contributed by atoms with Gasteiger partial charge in [-0.15, -0.1) is 0 Å². The highest BCUT2D eigenvalue weighted by molar-refractivity contribution is 5.88. The summed E-state index contributed by atoms with van der Waals surface area (Å²) in [6.07, 6.45) is 0.846. The number of rotatable bonds is 3. The van der Waals surface area contributed by atoms with Crippen molar-refractivity contribution in [2.45, 2.75) is 6.73 Å². The van der Waals surface area contributed by atoms with Gasteiger partial charge in [0.25, 0.3) is 0 Å². The minimum absolute atomic E-state index is 0.404. The molecule has 1 aromatic heterocycles. The number of aldehydes is 1. The average Bonchev–Trinajstić information content (AvgIpc) is 2.58. The zero-order valence-corrected chi connectivity index (χ0v) is 7.93. The van der Waals surface area contributed by atoms with E-state index in [4.69, 9.17) is 4.74 Å². The van der Waals surface area contributed by atoms with Gasteiger partial charge < -0.3 is 9.30 Å². The number of para-hydroxylation sites is 1. The molecule has 2 aromatic rings. The van der Waals surface area contributed by atoms with Gasteiger partial charge in [0.2, 0.25) is 0 Å². The van der Waals surface area contributed by atoms with E-state index < -0.39 is 0 Å². The van der Waals surface area contributed by atoms with Gasteiger partial charge in [-0.1, -0.05) is 18.2 Å². The number of ether oxygens (including phenoxy) is 1. The molecule has 1 aromatic carbocycles. The number of carbonyl (C=O) groups excluding carboxylic acids is 1. The van der Waals surface area contributed by atoms with E-state index >= 15 is 0 Å². The van der Waals surface area contributed by atoms with E-state index in [0.29, 0.717) is 12.4 Å². The standard InChI is InChI=1S/C11H11NO2/c1-14-8-12-10(7-13)6-9-4-2-3-5-11(9)12/h2-7H,8H2,1H3. The Morgan fingerprint density at radius 2 is 2.21 bits per heavy atom. The highest BCUT2D eigenvalue weighted by Gasteiger charge is 2.06. The molecule has 0 aliphatic heterocycles. The molecule has 0 aliphatic carbocycles. The average molecular weight is 189 g/mol. The van der Waals surface area contributed by atoms with Crippen molar-refractivity contribution in [3.05, 3.63) is 36.0 Å². The second-order valence-electron chi connectivity index (χ2n) is 3.09. The van der Waals surface area contributed by atoms with Gasteiger partial charge in [0.15, 0.2) is 6.29 Å². The van der Waals surface area contributed by atoms with Crippen LogP contribution in [0.25, 0.3) is 10.9 Å². The lowest BCUT2D eigenvalue weighted by Crippen LogP contribution is -2.03. The van der Waals surface area contributed by atoms with Crippen LogP contribution < -0.4 is 0 Å². The minimum atomic E-state index is 0.404. The Balaban J connectivity index is 2.67. The van der Waals surface area contributed by atoms with Crippen LogP contribution in [0, 0.1) is 0 Å². The van der Waals surface area contributed by atoms with Gasteiger partial charge in [-0.05, 0) is 12.1 Å². The Hall–Kier alpha value is -1.61. The van der Waals surface area contributed by atoms with E-state index in [1.54, 1.807) is 7.11 Å². The zero-order chi connectivity index (χ0) is 9.97. The Labute approximate surface area is 81.9 Å². The Kier molecular flexibility index (Phi) is 2.33. The van der Waals surface area contributed by atoms with Crippen LogP contribution in [-0.4, -0.2) is 18.0 Å². The Morgan fingerprint density at radius 3 is 2.93 bits per heavy atom. The molecule has 3 heteroatoms. The fourth-order valence-electron chi connectivity index (χ4n) is 1.60. The molecule has 0 bridgehead atoms. The number of methoxy groups -OCH3 is 1. The molecule has 0 N–H and O–H groups in total. The van der Waals surface area contributed by atoms with Crippen molar-refractivity contribution in [2.75, 3.05) is 7.11 Å². The first-order chi connectivity index (χ1) is 6.86. The Morgan fingerprint density at radius 1 is 1.43 bits per heavy atom. The second-order valence-corrected chi connectivity index (χ2v) is 3.09. The van der Waals surface area contributed by atoms with Gasteiger partial charge in [0, 0.05) is 12.5 Å². The molecule has 14 heavy (non-hydrogen) atoms. The molecule has 2 rings (SSSR count). The predicted octanol–water partition coefficient (Wildman–Crippen LogP) is 2.06. The van der Waals surface area contributed by atoms with Gasteiger partial charge in [-0.25, -0.2) is 0 Å². The number of aromatic nitrogens is 1. The topological polar surface area (TPSA) is 31.2 Å². The maximum Gasteiger partial charge on any atom is 0.166 e. The van der Waals surface area contributed by atoms with Crippen molar-refractivity contribution in [1.82, 2.24) is 4.57 Å². The molecule has 0 saturated heterocycles. The largest absolute Gasteiger partial charge is 0.364 e. The van der Waals surface area contributed by atoms with E-state index in [1.165, 1.54) is 0 Å². The first kappa shape index (κ1) is 8.97. The highest BCUT2D eigenvalue weighted by atomic mass is 16.5. The lowest BCUT2D eigenvalue weighted by molar-refractivity contribution is 0.107. The fraction of sp³-hybridized carbons (Fsp3) is 0.182. The molecule has 3 nitrogen and oxygen atoms in total. The van der Waals surface area contributed by atoms with Crippen LogP contribution in [0.5, 0.6) is 0 Å². The van der Waals surface area contributed by atoms with Crippen LogP contribution in [0.3, 0.4) is 0 Å². The van der Waals surface area contributed by atoms with Crippen LogP contribution in [0.15, 0.2) is 30.3 Å². The lowest BCUT2D eigenvalue weighted by Gasteiger charge is -2.04. The summed E-state index contributed by atoms with van der Waals surface area (Å²) in [6, 6.07) is 9.72. The van der Waals surface area contributed by atoms with E-state index in [0.717, 1.165) is 17.2 Å². The third kappa shape index (κ3) is 1.32. The molecule has 72 valence electrons. The maximum atomic E-state index is 10.8. The number of carbonyl (C=O) groups is 1. The SMILES string of the molecule is COCn1c(C=O)cc2ccccc21. The molecule has 0 amide bonds. The highest BCUT2D eigenvalue weighted by Crippen LogP contribution is 2.18. The summed E-state index contributed by atoms with van der Waals surface area (Å²) in [6.45, 7) is 0.404. The quantitative estimate of drug-likeness (QED) is 0.692. The van der Waals surface area contributed by atoms with Gasteiger partial charge in [-0.2, -0.15) is 0 Å². The predicted molar refractivity (Wildman–Crippen MR) is 54.3 cm³/mol. The van der Waals surface area contributed by atoms with Crippen LogP contribution in [0.1, 0.15) is 10.5 Å². The zero-order valence-electron chi connectivity index (χ0n) is 7.93. The number of hydrogen-bond donors (Lipinski definition) is 0. The van der Waals surface area contributed by atoms with Gasteiger partial charge in [0.05, 0.1) is 11.2 Å². The van der Waals surface area contributed by atoms with Crippen molar-refractivity contribution in [2.24, 2.45) is 0 Å². The summed E-state index contributed by atoms with van der Waals surface area (Å²) in [5, 5.41) is 1.06. The molecule has 0 atom stereocenters. The first-order valence-corrected chi connectivity index (χ1v) is 4.39. The first-order valence-electron chi connectivity index (χ1n) is 4.39. The molecule has 0 aliphatic rings. The molecule has 0 saturated carbocycles. The smallest absolute Gasteiger partial charge is 0.166 e. The molecule has 1 heterocycles. The number of fused-ring (bicyclic) bond motifs is 1. The summed E-state index contributed by atoms with van der Waals surface area (Å²) in [4.78, 5) is 10.8. The molecular weight excluding hydrogens is 178 g/mol. The third-order valence-electron chi connectivity index (χ3n) is 2.22. The summed E-state index contributed by atoms with van der Waals surface area (Å²) in [7, 11) is 1.61. The number of hydrogen-bond acceptors (Lipinski definition) is 2. The summed E-state index contributed by atoms with van der Waals surface area (Å²) in [5.74, 6) is 0. The van der Waals surface area contributed by atoms with Crippen LogP contribution in [-0.2, 0) is 11.5 Å². The van der Waals surface area contributed by atoms with E-state index in [1.807, 2.05) is 34.9 Å². The lowest BCUT2D eigenvalue weighted by atomic mass is 10.2. The summed E-state index contributed by atoms with van der Waals surface area (Å²) >= 11 is 0. The van der Waals surface area contributed by atoms with E-state index in [-0.39, 0.29) is 0 Å². The third-order valence-corrected chi connectivity index (χ3v) is 2.22. The fourth-order valence-corrected chi connectivity index (χ4v) is 1.60. The van der Waals surface area contributed by atoms with Gasteiger partial charge in [0.1, 0.15) is 6.73 Å². The van der Waals surface area contributed by atoms with Crippen molar-refractivity contribution in [3.63, 3.8) is 0 Å². The normalized spacial score (nSPS) is 10.6. The van der Waals surface area contributed by atoms with Crippen LogP contribution in [0.4, 0.5) is 0 Å². The summed E-state index contributed by atoms with van der Waals surface area (Å²) in [5.41, 5.74) is 1.67. The number of benzene rings is 1. The van der Waals surface area contributed by atoms with Crippen molar-refractivity contribution >= 4 is 17.2 Å². The molecule has 0 fully saturated rings. The van der Waals surface area contributed by atoms with Crippen LogP contribution in [0.2, 0.25) is 0 Å². The van der Waals surface area contributed by atoms with E-state index in [2.05, 4.69) is 0 Å². The van der Waals surface area contributed by atoms with Crippen LogP contribution >= 0.6 is 0 Å². The van der Waals surface area contributed by atoms with Gasteiger partial charge in [-0.3, -0.25) is 4.79 Å². The van der Waals surface area contributed by atoms with Crippen molar-refractivity contribution < 1.29 is 9.53 Å². The van der Waals surface area contributed by atoms with E-state index in [9.17, 15) is 4.79 Å². The molecule has 0 spiro atoms.